The van der Waals surface area contributed by atoms with Crippen LogP contribution in [0.15, 0.2) is 0 Å². The van der Waals surface area contributed by atoms with E-state index in [0.717, 1.165) is 26.1 Å². The molecule has 1 saturated carbocycles. The maximum atomic E-state index is 12.1. The van der Waals surface area contributed by atoms with E-state index in [1.165, 1.54) is 17.1 Å². The van der Waals surface area contributed by atoms with Crippen molar-refractivity contribution >= 4 is 10.0 Å². The lowest BCUT2D eigenvalue weighted by molar-refractivity contribution is 0.0620. The van der Waals surface area contributed by atoms with Gasteiger partial charge in [0.1, 0.15) is 0 Å². The van der Waals surface area contributed by atoms with Crippen LogP contribution in [0.3, 0.4) is 0 Å². The summed E-state index contributed by atoms with van der Waals surface area (Å²) >= 11 is 0. The summed E-state index contributed by atoms with van der Waals surface area (Å²) in [4.78, 5) is 0. The molecule has 106 valence electrons. The molecule has 18 heavy (non-hydrogen) atoms. The average molecular weight is 276 g/mol. The zero-order valence-corrected chi connectivity index (χ0v) is 11.9. The van der Waals surface area contributed by atoms with Crippen LogP contribution >= 0.6 is 0 Å². The molecule has 0 aromatic carbocycles. The normalized spacial score (nSPS) is 22.6. The highest BCUT2D eigenvalue weighted by molar-refractivity contribution is 7.89. The van der Waals surface area contributed by atoms with Gasteiger partial charge in [0.25, 0.3) is 0 Å². The first-order valence-electron chi connectivity index (χ1n) is 6.83. The van der Waals surface area contributed by atoms with E-state index in [2.05, 4.69) is 5.32 Å². The fourth-order valence-electron chi connectivity index (χ4n) is 2.24. The van der Waals surface area contributed by atoms with Crippen molar-refractivity contribution in [2.24, 2.45) is 5.92 Å². The van der Waals surface area contributed by atoms with Crippen molar-refractivity contribution in [1.82, 2.24) is 9.62 Å². The van der Waals surface area contributed by atoms with Crippen molar-refractivity contribution in [3.63, 3.8) is 0 Å². The molecule has 0 radical (unpaired) electrons. The van der Waals surface area contributed by atoms with Crippen LogP contribution in [0.4, 0.5) is 0 Å². The second kappa shape index (κ2) is 6.32. The lowest BCUT2D eigenvalue weighted by atomic mass is 10.0. The Morgan fingerprint density at radius 2 is 1.89 bits per heavy atom. The molecular weight excluding hydrogens is 252 g/mol. The standard InChI is InChI=1S/C12H24N2O3S/c1-14(10-11-4-7-17-8-5-11)18(15,16)9-6-13-12-2-3-12/h11-13H,2-10H2,1H3. The third-order valence-electron chi connectivity index (χ3n) is 3.70. The lowest BCUT2D eigenvalue weighted by Crippen LogP contribution is -2.38. The van der Waals surface area contributed by atoms with Crippen LogP contribution in [-0.2, 0) is 14.8 Å². The average Bonchev–Trinajstić information content (AvgIpc) is 3.14. The summed E-state index contributed by atoms with van der Waals surface area (Å²) in [6.07, 6.45) is 4.33. The Hall–Kier alpha value is -0.170. The first-order chi connectivity index (χ1) is 8.58. The lowest BCUT2D eigenvalue weighted by Gasteiger charge is -2.26. The second-order valence-electron chi connectivity index (χ2n) is 5.38. The van der Waals surface area contributed by atoms with Gasteiger partial charge in [-0.1, -0.05) is 0 Å². The van der Waals surface area contributed by atoms with E-state index < -0.39 is 10.0 Å². The van der Waals surface area contributed by atoms with Crippen molar-refractivity contribution in [2.45, 2.75) is 31.7 Å². The summed E-state index contributed by atoms with van der Waals surface area (Å²) in [6, 6.07) is 0.570. The van der Waals surface area contributed by atoms with Crippen molar-refractivity contribution < 1.29 is 13.2 Å². The fourth-order valence-corrected chi connectivity index (χ4v) is 3.37. The Morgan fingerprint density at radius 3 is 2.50 bits per heavy atom. The van der Waals surface area contributed by atoms with Crippen LogP contribution in [0.1, 0.15) is 25.7 Å². The molecular formula is C12H24N2O3S. The number of sulfonamides is 1. The molecule has 0 aromatic rings. The minimum absolute atomic E-state index is 0.212. The number of hydrogen-bond donors (Lipinski definition) is 1. The van der Waals surface area contributed by atoms with E-state index in [9.17, 15) is 8.42 Å². The van der Waals surface area contributed by atoms with Crippen molar-refractivity contribution in [1.29, 1.82) is 0 Å². The smallest absolute Gasteiger partial charge is 0.215 e. The SMILES string of the molecule is CN(CC1CCOCC1)S(=O)(=O)CCNC1CC1. The molecule has 5 nitrogen and oxygen atoms in total. The molecule has 1 aliphatic carbocycles. The van der Waals surface area contributed by atoms with Crippen LogP contribution in [0.2, 0.25) is 0 Å². The van der Waals surface area contributed by atoms with Gasteiger partial charge in [0, 0.05) is 39.4 Å². The van der Waals surface area contributed by atoms with Gasteiger partial charge in [-0.25, -0.2) is 12.7 Å². The maximum absolute atomic E-state index is 12.1. The van der Waals surface area contributed by atoms with Gasteiger partial charge >= 0.3 is 0 Å². The van der Waals surface area contributed by atoms with Gasteiger partial charge in [0.2, 0.25) is 10.0 Å². The Bertz CT molecular complexity index is 348. The van der Waals surface area contributed by atoms with Gasteiger partial charge in [-0.15, -0.1) is 0 Å². The molecule has 2 rings (SSSR count). The third-order valence-corrected chi connectivity index (χ3v) is 5.52. The third kappa shape index (κ3) is 4.50. The van der Waals surface area contributed by atoms with E-state index in [-0.39, 0.29) is 5.75 Å². The van der Waals surface area contributed by atoms with Gasteiger partial charge < -0.3 is 10.1 Å². The molecule has 6 heteroatoms. The summed E-state index contributed by atoms with van der Waals surface area (Å²) in [5.41, 5.74) is 0. The summed E-state index contributed by atoms with van der Waals surface area (Å²) in [6.45, 7) is 2.74. The number of rotatable bonds is 7. The van der Waals surface area contributed by atoms with Crippen LogP contribution < -0.4 is 5.32 Å². The van der Waals surface area contributed by atoms with Crippen molar-refractivity contribution in [3.05, 3.63) is 0 Å². The molecule has 2 fully saturated rings. The molecule has 0 aromatic heterocycles. The van der Waals surface area contributed by atoms with Gasteiger partial charge in [0.05, 0.1) is 5.75 Å². The largest absolute Gasteiger partial charge is 0.381 e. The highest BCUT2D eigenvalue weighted by atomic mass is 32.2. The van der Waals surface area contributed by atoms with Crippen LogP contribution in [0.25, 0.3) is 0 Å². The van der Waals surface area contributed by atoms with Crippen LogP contribution in [-0.4, -0.2) is 57.9 Å². The first-order valence-corrected chi connectivity index (χ1v) is 8.44. The second-order valence-corrected chi connectivity index (χ2v) is 7.58. The van der Waals surface area contributed by atoms with Gasteiger partial charge in [-0.2, -0.15) is 0 Å². The molecule has 0 atom stereocenters. The van der Waals surface area contributed by atoms with E-state index in [0.29, 0.717) is 25.0 Å². The summed E-state index contributed by atoms with van der Waals surface area (Å²) in [5, 5.41) is 3.25. The molecule has 1 heterocycles. The van der Waals surface area contributed by atoms with Gasteiger partial charge in [0.15, 0.2) is 0 Å². The Labute approximate surface area is 110 Å². The van der Waals surface area contributed by atoms with Crippen molar-refractivity contribution in [2.75, 3.05) is 39.1 Å². The molecule has 1 N–H and O–H groups in total. The Morgan fingerprint density at radius 1 is 1.22 bits per heavy atom. The molecule has 0 spiro atoms. The maximum Gasteiger partial charge on any atom is 0.215 e. The molecule has 1 saturated heterocycles. The molecule has 0 amide bonds. The predicted octanol–water partition coefficient (Wildman–Crippen LogP) is 0.427. The quantitative estimate of drug-likeness (QED) is 0.732. The number of ether oxygens (including phenoxy) is 1. The first kappa shape index (κ1) is 14.2. The van der Waals surface area contributed by atoms with E-state index in [1.807, 2.05) is 0 Å². The number of hydrogen-bond acceptors (Lipinski definition) is 4. The minimum Gasteiger partial charge on any atom is -0.381 e. The van der Waals surface area contributed by atoms with Gasteiger partial charge in [-0.05, 0) is 31.6 Å². The van der Waals surface area contributed by atoms with E-state index in [4.69, 9.17) is 4.74 Å². The van der Waals surface area contributed by atoms with E-state index >= 15 is 0 Å². The Kier molecular flexibility index (Phi) is 5.00. The topological polar surface area (TPSA) is 58.6 Å². The Balaban J connectivity index is 1.72. The molecule has 2 aliphatic rings. The molecule has 0 unspecified atom stereocenters. The summed E-state index contributed by atoms with van der Waals surface area (Å²) in [7, 11) is -1.40. The zero-order chi connectivity index (χ0) is 13.0. The van der Waals surface area contributed by atoms with E-state index in [1.54, 1.807) is 7.05 Å². The molecule has 0 bridgehead atoms. The number of nitrogens with one attached hydrogen (secondary N) is 1. The fraction of sp³-hybridized carbons (Fsp3) is 1.00. The van der Waals surface area contributed by atoms with Gasteiger partial charge in [-0.3, -0.25) is 0 Å². The monoisotopic (exact) mass is 276 g/mol. The predicted molar refractivity (Wildman–Crippen MR) is 71.0 cm³/mol. The minimum atomic E-state index is -3.10. The highest BCUT2D eigenvalue weighted by Crippen LogP contribution is 2.19. The summed E-state index contributed by atoms with van der Waals surface area (Å²) < 4.78 is 30.9. The highest BCUT2D eigenvalue weighted by Gasteiger charge is 2.25. The molecule has 1 aliphatic heterocycles. The summed E-state index contributed by atoms with van der Waals surface area (Å²) in [5.74, 6) is 0.665. The van der Waals surface area contributed by atoms with Crippen LogP contribution in [0.5, 0.6) is 0 Å². The van der Waals surface area contributed by atoms with Crippen molar-refractivity contribution in [3.8, 4) is 0 Å². The van der Waals surface area contributed by atoms with Crippen LogP contribution in [0, 0.1) is 5.92 Å². The zero-order valence-electron chi connectivity index (χ0n) is 11.1. The number of nitrogens with zero attached hydrogens (tertiary/aromatic N) is 1.